The molecule has 2 amide bonds. The molecule has 2 aromatic rings. The Bertz CT molecular complexity index is 894. The Balaban J connectivity index is 1.65. The number of nitrogens with two attached hydrogens (primary N) is 1. The lowest BCUT2D eigenvalue weighted by Crippen LogP contribution is -2.45. The second-order valence-corrected chi connectivity index (χ2v) is 7.46. The Morgan fingerprint density at radius 2 is 1.86 bits per heavy atom. The predicted octanol–water partition coefficient (Wildman–Crippen LogP) is 1.86. The van der Waals surface area contributed by atoms with E-state index >= 15 is 0 Å². The van der Waals surface area contributed by atoms with E-state index in [1.165, 1.54) is 22.3 Å². The number of ether oxygens (including phenoxy) is 1. The van der Waals surface area contributed by atoms with Gasteiger partial charge in [0.25, 0.3) is 5.91 Å². The normalized spacial score (nSPS) is 16.4. The van der Waals surface area contributed by atoms with Crippen molar-refractivity contribution in [2.24, 2.45) is 11.7 Å². The summed E-state index contributed by atoms with van der Waals surface area (Å²) in [6, 6.07) is 9.80. The van der Waals surface area contributed by atoms with Gasteiger partial charge in [0.1, 0.15) is 0 Å². The monoisotopic (exact) mass is 400 g/mol. The van der Waals surface area contributed by atoms with Crippen molar-refractivity contribution >= 4 is 34.9 Å². The highest BCUT2D eigenvalue weighted by atomic mass is 32.1. The first kappa shape index (κ1) is 19.8. The number of esters is 1. The van der Waals surface area contributed by atoms with Crippen LogP contribution < -0.4 is 5.73 Å². The Morgan fingerprint density at radius 1 is 1.11 bits per heavy atom. The van der Waals surface area contributed by atoms with E-state index in [4.69, 9.17) is 10.5 Å². The largest absolute Gasteiger partial charge is 0.452 e. The Labute approximate surface area is 166 Å². The fraction of sp³-hybridized carbons (Fsp3) is 0.300. The van der Waals surface area contributed by atoms with Crippen molar-refractivity contribution in [3.05, 3.63) is 57.8 Å². The van der Waals surface area contributed by atoms with Crippen LogP contribution in [0.2, 0.25) is 0 Å². The number of likely N-dealkylation sites (tertiary alicyclic amines) is 1. The first-order valence-electron chi connectivity index (χ1n) is 8.89. The van der Waals surface area contributed by atoms with Crippen molar-refractivity contribution in [1.82, 2.24) is 4.90 Å². The summed E-state index contributed by atoms with van der Waals surface area (Å²) in [5.74, 6) is -2.21. The molecule has 1 aromatic carbocycles. The van der Waals surface area contributed by atoms with Gasteiger partial charge in [0.2, 0.25) is 11.7 Å². The number of piperidine rings is 1. The molecule has 2 heterocycles. The number of nitrogens with zero attached hydrogens (tertiary/aromatic N) is 1. The van der Waals surface area contributed by atoms with Gasteiger partial charge in [-0.2, -0.15) is 0 Å². The molecule has 7 nitrogen and oxygen atoms in total. The molecule has 1 saturated heterocycles. The number of rotatable bonds is 6. The van der Waals surface area contributed by atoms with Crippen molar-refractivity contribution in [1.29, 1.82) is 0 Å². The van der Waals surface area contributed by atoms with E-state index in [2.05, 4.69) is 0 Å². The molecule has 2 N–H and O–H groups in total. The van der Waals surface area contributed by atoms with Gasteiger partial charge >= 0.3 is 5.97 Å². The highest BCUT2D eigenvalue weighted by molar-refractivity contribution is 7.12. The van der Waals surface area contributed by atoms with Gasteiger partial charge in [-0.25, -0.2) is 4.79 Å². The number of carbonyl (C=O) groups is 4. The molecule has 0 spiro atoms. The van der Waals surface area contributed by atoms with Crippen LogP contribution in [0.15, 0.2) is 41.8 Å². The first-order chi connectivity index (χ1) is 13.5. The molecular formula is C20H20N2O5S. The summed E-state index contributed by atoms with van der Waals surface area (Å²) in [5, 5.41) is 1.78. The van der Waals surface area contributed by atoms with Crippen molar-refractivity contribution in [2.75, 3.05) is 19.7 Å². The van der Waals surface area contributed by atoms with Crippen molar-refractivity contribution in [2.45, 2.75) is 12.8 Å². The van der Waals surface area contributed by atoms with Gasteiger partial charge in [-0.3, -0.25) is 14.4 Å². The molecule has 0 saturated carbocycles. The third kappa shape index (κ3) is 4.45. The van der Waals surface area contributed by atoms with Crippen molar-refractivity contribution in [3.8, 4) is 0 Å². The van der Waals surface area contributed by atoms with Gasteiger partial charge < -0.3 is 15.4 Å². The summed E-state index contributed by atoms with van der Waals surface area (Å²) in [7, 11) is 0. The number of hydrogen-bond acceptors (Lipinski definition) is 6. The van der Waals surface area contributed by atoms with Crippen molar-refractivity contribution < 1.29 is 23.9 Å². The number of carbonyl (C=O) groups excluding carboxylic acids is 4. The lowest BCUT2D eigenvalue weighted by atomic mass is 9.97. The van der Waals surface area contributed by atoms with Crippen LogP contribution in [0.3, 0.4) is 0 Å². The van der Waals surface area contributed by atoms with E-state index < -0.39 is 18.5 Å². The number of amides is 2. The molecule has 28 heavy (non-hydrogen) atoms. The van der Waals surface area contributed by atoms with Crippen LogP contribution in [-0.2, 0) is 14.3 Å². The summed E-state index contributed by atoms with van der Waals surface area (Å²) in [5.41, 5.74) is 5.66. The fourth-order valence-electron chi connectivity index (χ4n) is 3.13. The summed E-state index contributed by atoms with van der Waals surface area (Å²) in [6.07, 6.45) is 1.32. The van der Waals surface area contributed by atoms with Gasteiger partial charge in [0.05, 0.1) is 16.4 Å². The van der Waals surface area contributed by atoms with Crippen LogP contribution in [0.5, 0.6) is 0 Å². The molecule has 8 heteroatoms. The third-order valence-electron chi connectivity index (χ3n) is 4.64. The van der Waals surface area contributed by atoms with Gasteiger partial charge in [-0.1, -0.05) is 24.3 Å². The highest BCUT2D eigenvalue weighted by Gasteiger charge is 2.28. The highest BCUT2D eigenvalue weighted by Crippen LogP contribution is 2.20. The number of thiophene rings is 1. The van der Waals surface area contributed by atoms with Crippen molar-refractivity contribution in [3.63, 3.8) is 0 Å². The van der Waals surface area contributed by atoms with E-state index in [1.807, 2.05) is 0 Å². The molecule has 0 bridgehead atoms. The molecule has 1 atom stereocenters. The lowest BCUT2D eigenvalue weighted by molar-refractivity contribution is -0.137. The standard InChI is InChI=1S/C20H20N2O5S/c21-19(25)13-5-3-9-22(11-13)17(23)12-27-20(26)15-7-2-1-6-14(15)18(24)16-8-4-10-28-16/h1-2,4,6-8,10,13H,3,5,9,11-12H2,(H2,21,25)/t13-/m1/s1. The minimum Gasteiger partial charge on any atom is -0.452 e. The molecule has 0 aliphatic carbocycles. The van der Waals surface area contributed by atoms with Gasteiger partial charge in [0, 0.05) is 18.7 Å². The Hall–Kier alpha value is -3.00. The van der Waals surface area contributed by atoms with E-state index in [1.54, 1.807) is 35.7 Å². The van der Waals surface area contributed by atoms with Gasteiger partial charge in [-0.05, 0) is 30.4 Å². The van der Waals surface area contributed by atoms with E-state index in [9.17, 15) is 19.2 Å². The molecule has 3 rings (SSSR count). The molecule has 0 radical (unpaired) electrons. The number of hydrogen-bond donors (Lipinski definition) is 1. The Morgan fingerprint density at radius 3 is 2.54 bits per heavy atom. The van der Waals surface area contributed by atoms with Crippen LogP contribution in [0, 0.1) is 5.92 Å². The average Bonchev–Trinajstić information content (AvgIpc) is 3.26. The molecule has 0 unspecified atom stereocenters. The number of benzene rings is 1. The minimum absolute atomic E-state index is 0.113. The SMILES string of the molecule is NC(=O)[C@@H]1CCCN(C(=O)COC(=O)c2ccccc2C(=O)c2cccs2)C1. The molecule has 1 aliphatic rings. The average molecular weight is 400 g/mol. The lowest BCUT2D eigenvalue weighted by Gasteiger charge is -2.31. The second kappa shape index (κ2) is 8.79. The molecule has 1 fully saturated rings. The molecule has 146 valence electrons. The quantitative estimate of drug-likeness (QED) is 0.588. The maximum absolute atomic E-state index is 12.6. The summed E-state index contributed by atoms with van der Waals surface area (Å²) >= 11 is 1.29. The van der Waals surface area contributed by atoms with E-state index in [0.717, 1.165) is 0 Å². The minimum atomic E-state index is -0.739. The smallest absolute Gasteiger partial charge is 0.339 e. The van der Waals surface area contributed by atoms with Crippen LogP contribution in [0.1, 0.15) is 38.4 Å². The number of primary amides is 1. The van der Waals surface area contributed by atoms with Crippen LogP contribution >= 0.6 is 11.3 Å². The van der Waals surface area contributed by atoms with Crippen LogP contribution in [-0.4, -0.2) is 48.2 Å². The summed E-state index contributed by atoms with van der Waals surface area (Å²) in [4.78, 5) is 50.8. The maximum Gasteiger partial charge on any atom is 0.339 e. The molecule has 1 aromatic heterocycles. The zero-order valence-corrected chi connectivity index (χ0v) is 15.9. The fourth-order valence-corrected chi connectivity index (χ4v) is 3.81. The topological polar surface area (TPSA) is 107 Å². The number of ketones is 1. The maximum atomic E-state index is 12.6. The van der Waals surface area contributed by atoms with E-state index in [0.29, 0.717) is 24.3 Å². The van der Waals surface area contributed by atoms with Crippen LogP contribution in [0.4, 0.5) is 0 Å². The van der Waals surface area contributed by atoms with Gasteiger partial charge in [0.15, 0.2) is 6.61 Å². The Kier molecular flexibility index (Phi) is 6.20. The zero-order chi connectivity index (χ0) is 20.1. The first-order valence-corrected chi connectivity index (χ1v) is 9.76. The molecular weight excluding hydrogens is 380 g/mol. The van der Waals surface area contributed by atoms with E-state index in [-0.39, 0.29) is 35.3 Å². The summed E-state index contributed by atoms with van der Waals surface area (Å²) < 4.78 is 5.15. The third-order valence-corrected chi connectivity index (χ3v) is 5.51. The second-order valence-electron chi connectivity index (χ2n) is 6.51. The predicted molar refractivity (Wildman–Crippen MR) is 103 cm³/mol. The van der Waals surface area contributed by atoms with Gasteiger partial charge in [-0.15, -0.1) is 11.3 Å². The molecule has 1 aliphatic heterocycles. The summed E-state index contributed by atoms with van der Waals surface area (Å²) in [6.45, 7) is 0.276. The zero-order valence-electron chi connectivity index (χ0n) is 15.1. The van der Waals surface area contributed by atoms with Crippen LogP contribution in [0.25, 0.3) is 0 Å².